The molecule has 0 fully saturated rings. The Morgan fingerprint density at radius 2 is 2.09 bits per heavy atom. The predicted octanol–water partition coefficient (Wildman–Crippen LogP) is 2.12. The van der Waals surface area contributed by atoms with Crippen LogP contribution in [0.4, 0.5) is 5.69 Å². The van der Waals surface area contributed by atoms with Gasteiger partial charge >= 0.3 is 0 Å². The lowest BCUT2D eigenvalue weighted by Gasteiger charge is -2.04. The number of thioether (sulfide) groups is 1. The Morgan fingerprint density at radius 1 is 1.32 bits per heavy atom. The van der Waals surface area contributed by atoms with Crippen molar-refractivity contribution in [2.75, 3.05) is 11.1 Å². The Kier molecular flexibility index (Phi) is 4.16. The number of hydrogen-bond acceptors (Lipinski definition) is 7. The Balaban J connectivity index is 1.55. The lowest BCUT2D eigenvalue weighted by atomic mass is 10.1. The minimum Gasteiger partial charge on any atom is -0.325 e. The zero-order valence-electron chi connectivity index (χ0n) is 11.5. The summed E-state index contributed by atoms with van der Waals surface area (Å²) in [4.78, 5) is 23.8. The Hall–Kier alpha value is -2.26. The van der Waals surface area contributed by atoms with Gasteiger partial charge in [-0.05, 0) is 31.2 Å². The summed E-state index contributed by atoms with van der Waals surface area (Å²) >= 11 is 2.72. The first-order valence-corrected chi connectivity index (χ1v) is 8.12. The molecule has 0 aliphatic rings. The van der Waals surface area contributed by atoms with Crippen LogP contribution in [0.25, 0.3) is 4.96 Å². The van der Waals surface area contributed by atoms with E-state index in [-0.39, 0.29) is 17.4 Å². The molecular formula is C13H11N5O2S2. The first-order chi connectivity index (χ1) is 10.6. The van der Waals surface area contributed by atoms with Crippen LogP contribution in [0.5, 0.6) is 0 Å². The summed E-state index contributed by atoms with van der Waals surface area (Å²) in [5.74, 6) is 0.113. The number of rotatable bonds is 5. The fourth-order valence-corrected chi connectivity index (χ4v) is 3.38. The van der Waals surface area contributed by atoms with Crippen LogP contribution in [-0.2, 0) is 4.79 Å². The number of carbonyl (C=O) groups excluding carboxylic acids is 2. The Morgan fingerprint density at radius 3 is 2.77 bits per heavy atom. The zero-order chi connectivity index (χ0) is 15.5. The number of amides is 1. The summed E-state index contributed by atoms with van der Waals surface area (Å²) in [5, 5.41) is 14.6. The third-order valence-electron chi connectivity index (χ3n) is 2.77. The van der Waals surface area contributed by atoms with Crippen LogP contribution in [-0.4, -0.2) is 37.3 Å². The number of ketones is 1. The standard InChI is InChI=1S/C13H11N5O2S2/c1-8(19)9-2-4-10(5-3-9)15-11(20)6-21-13-17-18-7-14-16-12(18)22-13/h2-5,7H,6H2,1H3,(H,15,20). The number of fused-ring (bicyclic) bond motifs is 1. The molecular weight excluding hydrogens is 322 g/mol. The average Bonchev–Trinajstić information content (AvgIpc) is 3.06. The van der Waals surface area contributed by atoms with Crippen LogP contribution >= 0.6 is 23.1 Å². The maximum atomic E-state index is 11.9. The molecule has 0 unspecified atom stereocenters. The van der Waals surface area contributed by atoms with Gasteiger partial charge in [-0.25, -0.2) is 0 Å². The van der Waals surface area contributed by atoms with E-state index in [4.69, 9.17) is 0 Å². The smallest absolute Gasteiger partial charge is 0.235 e. The van der Waals surface area contributed by atoms with Crippen molar-refractivity contribution in [1.29, 1.82) is 0 Å². The number of nitrogens with one attached hydrogen (secondary N) is 1. The van der Waals surface area contributed by atoms with Gasteiger partial charge in [-0.15, -0.1) is 15.3 Å². The predicted molar refractivity (Wildman–Crippen MR) is 84.5 cm³/mol. The molecule has 2 heterocycles. The van der Waals surface area contributed by atoms with Crippen LogP contribution in [0.15, 0.2) is 34.9 Å². The van der Waals surface area contributed by atoms with Crippen molar-refractivity contribution in [3.05, 3.63) is 36.2 Å². The fourth-order valence-electron chi connectivity index (χ4n) is 1.71. The van der Waals surface area contributed by atoms with Gasteiger partial charge < -0.3 is 5.32 Å². The minimum atomic E-state index is -0.133. The highest BCUT2D eigenvalue weighted by atomic mass is 32.2. The number of nitrogens with zero attached hydrogens (tertiary/aromatic N) is 4. The molecule has 112 valence electrons. The molecule has 1 amide bonds. The van der Waals surface area contributed by atoms with Crippen molar-refractivity contribution < 1.29 is 9.59 Å². The summed E-state index contributed by atoms with van der Waals surface area (Å²) in [6, 6.07) is 6.80. The largest absolute Gasteiger partial charge is 0.325 e. The van der Waals surface area contributed by atoms with E-state index in [1.54, 1.807) is 28.8 Å². The second kappa shape index (κ2) is 6.24. The van der Waals surface area contributed by atoms with E-state index in [1.807, 2.05) is 0 Å². The summed E-state index contributed by atoms with van der Waals surface area (Å²) in [7, 11) is 0. The minimum absolute atomic E-state index is 0.00305. The van der Waals surface area contributed by atoms with E-state index >= 15 is 0 Å². The van der Waals surface area contributed by atoms with Crippen LogP contribution < -0.4 is 5.32 Å². The number of aromatic nitrogens is 4. The van der Waals surface area contributed by atoms with Crippen LogP contribution in [0, 0.1) is 0 Å². The number of Topliss-reactive ketones (excluding diaryl/α,β-unsaturated/α-hetero) is 1. The van der Waals surface area contributed by atoms with Gasteiger partial charge in [0.2, 0.25) is 10.9 Å². The molecule has 2 aromatic heterocycles. The molecule has 0 aliphatic carbocycles. The Labute approximate surface area is 133 Å². The summed E-state index contributed by atoms with van der Waals surface area (Å²) in [5.41, 5.74) is 1.28. The maximum absolute atomic E-state index is 11.9. The molecule has 0 saturated carbocycles. The molecule has 7 nitrogen and oxygen atoms in total. The molecule has 0 atom stereocenters. The van der Waals surface area contributed by atoms with E-state index in [0.29, 0.717) is 16.2 Å². The van der Waals surface area contributed by atoms with Crippen LogP contribution in [0.2, 0.25) is 0 Å². The van der Waals surface area contributed by atoms with Gasteiger partial charge in [-0.2, -0.15) is 4.52 Å². The number of anilines is 1. The summed E-state index contributed by atoms with van der Waals surface area (Å²) in [6.45, 7) is 1.50. The van der Waals surface area contributed by atoms with Crippen LogP contribution in [0.1, 0.15) is 17.3 Å². The average molecular weight is 333 g/mol. The van der Waals surface area contributed by atoms with Crippen molar-refractivity contribution in [2.45, 2.75) is 11.3 Å². The first-order valence-electron chi connectivity index (χ1n) is 6.32. The Bertz CT molecular complexity index is 796. The lowest BCUT2D eigenvalue weighted by Crippen LogP contribution is -2.14. The highest BCUT2D eigenvalue weighted by Gasteiger charge is 2.09. The number of hydrogen-bond donors (Lipinski definition) is 1. The third-order valence-corrected chi connectivity index (χ3v) is 4.82. The zero-order valence-corrected chi connectivity index (χ0v) is 13.1. The van der Waals surface area contributed by atoms with E-state index in [9.17, 15) is 9.59 Å². The van der Waals surface area contributed by atoms with Gasteiger partial charge in [0.15, 0.2) is 10.1 Å². The summed E-state index contributed by atoms with van der Waals surface area (Å²) in [6.07, 6.45) is 1.52. The molecule has 0 saturated heterocycles. The molecule has 0 aliphatic heterocycles. The van der Waals surface area contributed by atoms with E-state index in [1.165, 1.54) is 36.3 Å². The SMILES string of the molecule is CC(=O)c1ccc(NC(=O)CSc2nn3cnnc3s2)cc1. The van der Waals surface area contributed by atoms with Crippen molar-refractivity contribution in [1.82, 2.24) is 19.8 Å². The molecule has 0 spiro atoms. The first kappa shape index (κ1) is 14.7. The molecule has 3 aromatic rings. The summed E-state index contributed by atoms with van der Waals surface area (Å²) < 4.78 is 2.33. The van der Waals surface area contributed by atoms with Crippen molar-refractivity contribution in [2.24, 2.45) is 0 Å². The fraction of sp³-hybridized carbons (Fsp3) is 0.154. The third kappa shape index (κ3) is 3.31. The monoisotopic (exact) mass is 333 g/mol. The topological polar surface area (TPSA) is 89.2 Å². The molecule has 22 heavy (non-hydrogen) atoms. The molecule has 3 rings (SSSR count). The van der Waals surface area contributed by atoms with Gasteiger partial charge in [0.1, 0.15) is 6.33 Å². The number of carbonyl (C=O) groups is 2. The second-order valence-corrected chi connectivity index (χ2v) is 6.57. The van der Waals surface area contributed by atoms with Gasteiger partial charge in [0, 0.05) is 11.3 Å². The molecule has 0 bridgehead atoms. The highest BCUT2D eigenvalue weighted by molar-refractivity contribution is 8.01. The van der Waals surface area contributed by atoms with E-state index < -0.39 is 0 Å². The van der Waals surface area contributed by atoms with Gasteiger partial charge in [-0.3, -0.25) is 9.59 Å². The van der Waals surface area contributed by atoms with E-state index in [0.717, 1.165) is 4.34 Å². The molecule has 0 radical (unpaired) electrons. The second-order valence-electron chi connectivity index (χ2n) is 4.40. The quantitative estimate of drug-likeness (QED) is 0.568. The van der Waals surface area contributed by atoms with Crippen LogP contribution in [0.3, 0.4) is 0 Å². The normalized spacial score (nSPS) is 10.8. The molecule has 9 heteroatoms. The van der Waals surface area contributed by atoms with Gasteiger partial charge in [-0.1, -0.05) is 23.1 Å². The van der Waals surface area contributed by atoms with Gasteiger partial charge in [0.05, 0.1) is 5.75 Å². The molecule has 1 N–H and O–H groups in total. The van der Waals surface area contributed by atoms with Crippen molar-refractivity contribution in [3.8, 4) is 0 Å². The van der Waals surface area contributed by atoms with E-state index in [2.05, 4.69) is 20.6 Å². The number of benzene rings is 1. The molecule has 1 aromatic carbocycles. The maximum Gasteiger partial charge on any atom is 0.235 e. The van der Waals surface area contributed by atoms with Crippen molar-refractivity contribution >= 4 is 45.4 Å². The van der Waals surface area contributed by atoms with Gasteiger partial charge in [0.25, 0.3) is 0 Å². The highest BCUT2D eigenvalue weighted by Crippen LogP contribution is 2.23. The lowest BCUT2D eigenvalue weighted by molar-refractivity contribution is -0.113. The van der Waals surface area contributed by atoms with Crippen molar-refractivity contribution in [3.63, 3.8) is 0 Å².